The van der Waals surface area contributed by atoms with Crippen molar-refractivity contribution < 1.29 is 14.3 Å². The third kappa shape index (κ3) is 3.81. The normalized spacial score (nSPS) is 18.8. The number of carbonyl (C=O) groups excluding carboxylic acids is 1. The van der Waals surface area contributed by atoms with E-state index in [4.69, 9.17) is 9.47 Å². The maximum atomic E-state index is 12.5. The van der Waals surface area contributed by atoms with Gasteiger partial charge in [-0.2, -0.15) is 0 Å². The van der Waals surface area contributed by atoms with E-state index in [-0.39, 0.29) is 11.4 Å². The summed E-state index contributed by atoms with van der Waals surface area (Å²) in [5.74, 6) is 0.777. The average Bonchev–Trinajstić information content (AvgIpc) is 2.38. The molecule has 0 aliphatic carbocycles. The molecule has 1 aliphatic heterocycles. The van der Waals surface area contributed by atoms with Gasteiger partial charge in [0.1, 0.15) is 5.75 Å². The second kappa shape index (κ2) is 6.37. The molecule has 1 saturated heterocycles. The van der Waals surface area contributed by atoms with Crippen LogP contribution in [-0.4, -0.2) is 49.1 Å². The summed E-state index contributed by atoms with van der Waals surface area (Å²) in [6.07, 6.45) is 0. The van der Waals surface area contributed by atoms with Gasteiger partial charge in [-0.05, 0) is 32.9 Å². The van der Waals surface area contributed by atoms with Crippen LogP contribution < -0.4 is 4.74 Å². The molecule has 0 saturated carbocycles. The summed E-state index contributed by atoms with van der Waals surface area (Å²) < 4.78 is 11.2. The molecule has 4 nitrogen and oxygen atoms in total. The minimum Gasteiger partial charge on any atom is -0.493 e. The third-order valence-electron chi connectivity index (χ3n) is 3.36. The minimum atomic E-state index is -0.183. The molecule has 1 fully saturated rings. The lowest BCUT2D eigenvalue weighted by atomic mass is 10.1. The predicted molar refractivity (Wildman–Crippen MR) is 78.4 cm³/mol. The van der Waals surface area contributed by atoms with Gasteiger partial charge in [-0.15, -0.1) is 0 Å². The van der Waals surface area contributed by atoms with Crippen molar-refractivity contribution >= 4 is 5.78 Å². The molecule has 0 atom stereocenters. The Morgan fingerprint density at radius 2 is 2.15 bits per heavy atom. The quantitative estimate of drug-likeness (QED) is 0.775. The Kier molecular flexibility index (Phi) is 4.78. The van der Waals surface area contributed by atoms with Crippen molar-refractivity contribution in [2.75, 3.05) is 32.8 Å². The zero-order valence-corrected chi connectivity index (χ0v) is 12.5. The highest BCUT2D eigenvalue weighted by Gasteiger charge is 2.28. The standard InChI is InChI=1S/C16H23NO3/c1-4-19-15-8-6-5-7-13(15)14(18)11-17-9-10-20-16(2,3)12-17/h5-8H,4,9-12H2,1-3H3. The first-order valence-corrected chi connectivity index (χ1v) is 7.13. The number of morpholine rings is 1. The van der Waals surface area contributed by atoms with E-state index in [2.05, 4.69) is 18.7 Å². The maximum absolute atomic E-state index is 12.5. The Morgan fingerprint density at radius 3 is 2.85 bits per heavy atom. The van der Waals surface area contributed by atoms with Crippen LogP contribution in [0.2, 0.25) is 0 Å². The van der Waals surface area contributed by atoms with Crippen molar-refractivity contribution in [1.29, 1.82) is 0 Å². The van der Waals surface area contributed by atoms with Crippen molar-refractivity contribution in [1.82, 2.24) is 4.90 Å². The van der Waals surface area contributed by atoms with Gasteiger partial charge < -0.3 is 9.47 Å². The van der Waals surface area contributed by atoms with Gasteiger partial charge in [0.2, 0.25) is 0 Å². The van der Waals surface area contributed by atoms with Crippen molar-refractivity contribution in [3.8, 4) is 5.75 Å². The Morgan fingerprint density at radius 1 is 1.40 bits per heavy atom. The molecule has 0 bridgehead atoms. The van der Waals surface area contributed by atoms with E-state index in [1.165, 1.54) is 0 Å². The molecule has 20 heavy (non-hydrogen) atoms. The molecule has 1 aromatic rings. The molecule has 0 N–H and O–H groups in total. The van der Waals surface area contributed by atoms with Crippen molar-refractivity contribution in [2.24, 2.45) is 0 Å². The van der Waals surface area contributed by atoms with E-state index in [0.29, 0.717) is 31.1 Å². The van der Waals surface area contributed by atoms with E-state index in [1.807, 2.05) is 31.2 Å². The summed E-state index contributed by atoms with van der Waals surface area (Å²) in [7, 11) is 0. The summed E-state index contributed by atoms with van der Waals surface area (Å²) in [6, 6.07) is 7.44. The number of ketones is 1. The molecule has 0 aromatic heterocycles. The second-order valence-corrected chi connectivity index (χ2v) is 5.67. The highest BCUT2D eigenvalue weighted by molar-refractivity contribution is 6.00. The first kappa shape index (κ1) is 15.0. The SMILES string of the molecule is CCOc1ccccc1C(=O)CN1CCOC(C)(C)C1. The molecule has 1 aliphatic rings. The Balaban J connectivity index is 2.05. The largest absolute Gasteiger partial charge is 0.493 e. The minimum absolute atomic E-state index is 0.103. The number of Topliss-reactive ketones (excluding diaryl/α,β-unsaturated/α-hetero) is 1. The summed E-state index contributed by atoms with van der Waals surface area (Å²) in [4.78, 5) is 14.6. The molecule has 1 aromatic carbocycles. The number of hydrogen-bond donors (Lipinski definition) is 0. The van der Waals surface area contributed by atoms with E-state index in [1.54, 1.807) is 0 Å². The van der Waals surface area contributed by atoms with E-state index in [9.17, 15) is 4.79 Å². The fraction of sp³-hybridized carbons (Fsp3) is 0.562. The maximum Gasteiger partial charge on any atom is 0.180 e. The molecular weight excluding hydrogens is 254 g/mol. The summed E-state index contributed by atoms with van der Waals surface area (Å²) >= 11 is 0. The van der Waals surface area contributed by atoms with Crippen LogP contribution in [0.1, 0.15) is 31.1 Å². The summed E-state index contributed by atoms with van der Waals surface area (Å²) in [5.41, 5.74) is 0.483. The van der Waals surface area contributed by atoms with Crippen LogP contribution in [0.4, 0.5) is 0 Å². The van der Waals surface area contributed by atoms with E-state index < -0.39 is 0 Å². The molecule has 0 unspecified atom stereocenters. The van der Waals surface area contributed by atoms with Crippen LogP contribution in [0.25, 0.3) is 0 Å². The molecule has 0 amide bonds. The van der Waals surface area contributed by atoms with Gasteiger partial charge in [0.05, 0.1) is 30.9 Å². The van der Waals surface area contributed by atoms with Gasteiger partial charge in [0.15, 0.2) is 5.78 Å². The van der Waals surface area contributed by atoms with E-state index >= 15 is 0 Å². The smallest absolute Gasteiger partial charge is 0.180 e. The monoisotopic (exact) mass is 277 g/mol. The number of para-hydroxylation sites is 1. The number of benzene rings is 1. The highest BCUT2D eigenvalue weighted by atomic mass is 16.5. The first-order chi connectivity index (χ1) is 9.52. The van der Waals surface area contributed by atoms with Crippen LogP contribution in [0, 0.1) is 0 Å². The lowest BCUT2D eigenvalue weighted by Gasteiger charge is -2.37. The lowest BCUT2D eigenvalue weighted by molar-refractivity contribution is -0.0833. The van der Waals surface area contributed by atoms with Gasteiger partial charge >= 0.3 is 0 Å². The van der Waals surface area contributed by atoms with Crippen LogP contribution >= 0.6 is 0 Å². The number of hydrogen-bond acceptors (Lipinski definition) is 4. The predicted octanol–water partition coefficient (Wildman–Crippen LogP) is 2.38. The van der Waals surface area contributed by atoms with Crippen LogP contribution in [-0.2, 0) is 4.74 Å². The molecule has 110 valence electrons. The summed E-state index contributed by atoms with van der Waals surface area (Å²) in [5, 5.41) is 0. The van der Waals surface area contributed by atoms with E-state index in [0.717, 1.165) is 13.1 Å². The van der Waals surface area contributed by atoms with Crippen LogP contribution in [0.15, 0.2) is 24.3 Å². The highest BCUT2D eigenvalue weighted by Crippen LogP contribution is 2.21. The Labute approximate surface area is 120 Å². The van der Waals surface area contributed by atoms with Gasteiger partial charge in [0, 0.05) is 13.1 Å². The van der Waals surface area contributed by atoms with Crippen LogP contribution in [0.5, 0.6) is 5.75 Å². The third-order valence-corrected chi connectivity index (χ3v) is 3.36. The number of nitrogens with zero attached hydrogens (tertiary/aromatic N) is 1. The topological polar surface area (TPSA) is 38.8 Å². The Hall–Kier alpha value is -1.39. The number of ether oxygens (including phenoxy) is 2. The molecule has 0 spiro atoms. The van der Waals surface area contributed by atoms with Crippen molar-refractivity contribution in [3.05, 3.63) is 29.8 Å². The van der Waals surface area contributed by atoms with Gasteiger partial charge in [-0.3, -0.25) is 9.69 Å². The van der Waals surface area contributed by atoms with Crippen molar-refractivity contribution in [2.45, 2.75) is 26.4 Å². The lowest BCUT2D eigenvalue weighted by Crippen LogP contribution is -2.49. The fourth-order valence-electron chi connectivity index (χ4n) is 2.52. The van der Waals surface area contributed by atoms with Gasteiger partial charge in [-0.1, -0.05) is 12.1 Å². The first-order valence-electron chi connectivity index (χ1n) is 7.13. The number of carbonyl (C=O) groups is 1. The number of rotatable bonds is 5. The molecule has 1 heterocycles. The van der Waals surface area contributed by atoms with Crippen LogP contribution in [0.3, 0.4) is 0 Å². The molecule has 2 rings (SSSR count). The van der Waals surface area contributed by atoms with Gasteiger partial charge in [0.25, 0.3) is 0 Å². The zero-order chi connectivity index (χ0) is 14.6. The molecule has 0 radical (unpaired) electrons. The zero-order valence-electron chi connectivity index (χ0n) is 12.5. The fourth-order valence-corrected chi connectivity index (χ4v) is 2.52. The second-order valence-electron chi connectivity index (χ2n) is 5.67. The van der Waals surface area contributed by atoms with Crippen molar-refractivity contribution in [3.63, 3.8) is 0 Å². The van der Waals surface area contributed by atoms with Gasteiger partial charge in [-0.25, -0.2) is 0 Å². The molecular formula is C16H23NO3. The Bertz CT molecular complexity index is 471. The average molecular weight is 277 g/mol. The molecule has 4 heteroatoms. The summed E-state index contributed by atoms with van der Waals surface area (Å²) in [6.45, 7) is 9.25.